The first-order chi connectivity index (χ1) is 15.8. The zero-order chi connectivity index (χ0) is 23.8. The molecule has 6 nitrogen and oxygen atoms in total. The van der Waals surface area contributed by atoms with Crippen molar-refractivity contribution in [1.82, 2.24) is 5.32 Å². The lowest BCUT2D eigenvalue weighted by Gasteiger charge is -2.29. The molecule has 0 spiro atoms. The maximum Gasteiger partial charge on any atom is 0.303 e. The van der Waals surface area contributed by atoms with Crippen LogP contribution in [0.4, 0.5) is 0 Å². The summed E-state index contributed by atoms with van der Waals surface area (Å²) < 4.78 is 5.68. The average molecular weight is 451 g/mol. The van der Waals surface area contributed by atoms with Crippen LogP contribution in [0, 0.1) is 11.3 Å². The van der Waals surface area contributed by atoms with Crippen molar-refractivity contribution < 1.29 is 19.7 Å². The Bertz CT molecular complexity index is 1010. The van der Waals surface area contributed by atoms with E-state index in [1.165, 1.54) is 42.4 Å². The Morgan fingerprint density at radius 3 is 2.67 bits per heavy atom. The van der Waals surface area contributed by atoms with Gasteiger partial charge >= 0.3 is 5.97 Å². The molecule has 0 unspecified atom stereocenters. The van der Waals surface area contributed by atoms with Crippen LogP contribution in [0.3, 0.4) is 0 Å². The van der Waals surface area contributed by atoms with Crippen LogP contribution < -0.4 is 10.1 Å². The molecule has 0 bridgehead atoms. The molecule has 6 heteroatoms. The van der Waals surface area contributed by atoms with Crippen LogP contribution in [0.5, 0.6) is 5.75 Å². The summed E-state index contributed by atoms with van der Waals surface area (Å²) >= 11 is 0. The van der Waals surface area contributed by atoms with Gasteiger partial charge in [0.25, 0.3) is 0 Å². The maximum atomic E-state index is 10.8. The number of carbonyl (C=O) groups is 1. The van der Waals surface area contributed by atoms with Crippen LogP contribution in [-0.4, -0.2) is 41.0 Å². The quantitative estimate of drug-likeness (QED) is 0.481. The summed E-state index contributed by atoms with van der Waals surface area (Å²) in [5.41, 5.74) is 5.17. The molecule has 0 aromatic heterocycles. The van der Waals surface area contributed by atoms with E-state index in [-0.39, 0.29) is 18.6 Å². The van der Waals surface area contributed by atoms with Gasteiger partial charge in [-0.1, -0.05) is 24.3 Å². The molecule has 0 heterocycles. The number of β-amino-alcohol motifs (C(OH)–C–C–N with tert-alkyl or cyclic N) is 1. The zero-order valence-corrected chi connectivity index (χ0v) is 19.6. The molecule has 0 amide bonds. The van der Waals surface area contributed by atoms with Crippen molar-refractivity contribution in [1.29, 1.82) is 5.26 Å². The number of nitrogens with zero attached hydrogens (tertiary/aromatic N) is 1. The van der Waals surface area contributed by atoms with E-state index in [9.17, 15) is 15.2 Å². The second-order valence-corrected chi connectivity index (χ2v) is 9.54. The van der Waals surface area contributed by atoms with Crippen molar-refractivity contribution in [3.05, 3.63) is 64.2 Å². The number of fused-ring (bicyclic) bond motifs is 1. The fraction of sp³-hybridized carbons (Fsp3) is 0.481. The Kier molecular flexibility index (Phi) is 8.49. The Labute approximate surface area is 196 Å². The number of aliphatic hydroxyl groups excluding tert-OH is 1. The van der Waals surface area contributed by atoms with E-state index >= 15 is 0 Å². The molecule has 0 saturated carbocycles. The largest absolute Gasteiger partial charge is 0.491 e. The number of nitrogens with one attached hydrogen (secondary N) is 1. The predicted molar refractivity (Wildman–Crippen MR) is 127 cm³/mol. The number of carboxylic acid groups (broad SMARTS) is 1. The van der Waals surface area contributed by atoms with Gasteiger partial charge in [-0.2, -0.15) is 5.26 Å². The molecule has 0 radical (unpaired) electrons. The zero-order valence-electron chi connectivity index (χ0n) is 19.6. The highest BCUT2D eigenvalue weighted by Crippen LogP contribution is 2.24. The van der Waals surface area contributed by atoms with Crippen molar-refractivity contribution in [3.8, 4) is 11.8 Å². The molecule has 2 aromatic carbocycles. The summed E-state index contributed by atoms with van der Waals surface area (Å²) in [5, 5.41) is 32.0. The summed E-state index contributed by atoms with van der Waals surface area (Å²) in [4.78, 5) is 10.8. The van der Waals surface area contributed by atoms with Crippen molar-refractivity contribution in [2.75, 3.05) is 13.2 Å². The van der Waals surface area contributed by atoms with Crippen LogP contribution >= 0.6 is 0 Å². The second-order valence-electron chi connectivity index (χ2n) is 9.54. The van der Waals surface area contributed by atoms with E-state index < -0.39 is 12.1 Å². The van der Waals surface area contributed by atoms with Crippen molar-refractivity contribution in [3.63, 3.8) is 0 Å². The minimum Gasteiger partial charge on any atom is -0.491 e. The minimum absolute atomic E-state index is 0.0273. The Balaban J connectivity index is 1.48. The fourth-order valence-electron chi connectivity index (χ4n) is 4.32. The standard InChI is InChI=1S/C27H34N2O4/c1-27(2,15-19-7-8-20-5-3-4-6-22(20)13-19)29-17-24(30)18-33-25-11-9-21(10-12-26(31)32)23(14-25)16-28/h7-9,11,13-14,24,29-30H,3-6,10,12,15,17-18H2,1-2H3,(H,31,32)/t24-/m0/s1. The number of aliphatic hydroxyl groups is 1. The van der Waals surface area contributed by atoms with Gasteiger partial charge < -0.3 is 20.3 Å². The molecule has 1 aliphatic carbocycles. The molecular formula is C27H34N2O4. The van der Waals surface area contributed by atoms with E-state index in [4.69, 9.17) is 9.84 Å². The number of hydrogen-bond donors (Lipinski definition) is 3. The van der Waals surface area contributed by atoms with E-state index in [1.807, 2.05) is 0 Å². The average Bonchev–Trinajstić information content (AvgIpc) is 2.80. The minimum atomic E-state index is -0.899. The van der Waals surface area contributed by atoms with Gasteiger partial charge in [-0.25, -0.2) is 0 Å². The maximum absolute atomic E-state index is 10.8. The Morgan fingerprint density at radius 2 is 1.94 bits per heavy atom. The van der Waals surface area contributed by atoms with Gasteiger partial charge in [-0.05, 0) is 86.8 Å². The lowest BCUT2D eigenvalue weighted by atomic mass is 9.87. The first kappa shape index (κ1) is 24.8. The molecule has 0 aliphatic heterocycles. The SMILES string of the molecule is CC(C)(Cc1ccc2c(c1)CCCC2)NC[C@H](O)COc1ccc(CCC(=O)O)c(C#N)c1. The number of nitriles is 1. The molecule has 3 rings (SSSR count). The van der Waals surface area contributed by atoms with Gasteiger partial charge in [0.15, 0.2) is 0 Å². The molecule has 3 N–H and O–H groups in total. The molecule has 0 fully saturated rings. The third-order valence-corrected chi connectivity index (χ3v) is 6.13. The number of benzene rings is 2. The molecule has 1 aliphatic rings. The first-order valence-corrected chi connectivity index (χ1v) is 11.7. The van der Waals surface area contributed by atoms with Crippen molar-refractivity contribution in [2.24, 2.45) is 0 Å². The summed E-state index contributed by atoms with van der Waals surface area (Å²) in [7, 11) is 0. The van der Waals surface area contributed by atoms with E-state index in [1.54, 1.807) is 18.2 Å². The van der Waals surface area contributed by atoms with Crippen LogP contribution in [0.1, 0.15) is 60.9 Å². The van der Waals surface area contributed by atoms with E-state index in [2.05, 4.69) is 43.4 Å². The Hall–Kier alpha value is -2.88. The number of rotatable bonds is 11. The van der Waals surface area contributed by atoms with E-state index in [0.717, 1.165) is 6.42 Å². The van der Waals surface area contributed by atoms with Gasteiger partial charge in [0.05, 0.1) is 11.6 Å². The predicted octanol–water partition coefficient (Wildman–Crippen LogP) is 3.80. The molecule has 33 heavy (non-hydrogen) atoms. The topological polar surface area (TPSA) is 103 Å². The Morgan fingerprint density at radius 1 is 1.18 bits per heavy atom. The lowest BCUT2D eigenvalue weighted by molar-refractivity contribution is -0.136. The third kappa shape index (κ3) is 7.59. The van der Waals surface area contributed by atoms with Crippen molar-refractivity contribution >= 4 is 5.97 Å². The second kappa shape index (κ2) is 11.3. The first-order valence-electron chi connectivity index (χ1n) is 11.7. The highest BCUT2D eigenvalue weighted by Gasteiger charge is 2.21. The lowest BCUT2D eigenvalue weighted by Crippen LogP contribution is -2.46. The fourth-order valence-corrected chi connectivity index (χ4v) is 4.32. The molecular weight excluding hydrogens is 416 g/mol. The van der Waals surface area contributed by atoms with Gasteiger partial charge in [0, 0.05) is 18.5 Å². The van der Waals surface area contributed by atoms with Crippen LogP contribution in [0.2, 0.25) is 0 Å². The monoisotopic (exact) mass is 450 g/mol. The number of hydrogen-bond acceptors (Lipinski definition) is 5. The summed E-state index contributed by atoms with van der Waals surface area (Å²) in [6.07, 6.45) is 5.34. The van der Waals surface area contributed by atoms with Crippen LogP contribution in [0.15, 0.2) is 36.4 Å². The van der Waals surface area contributed by atoms with Gasteiger partial charge in [-0.3, -0.25) is 4.79 Å². The number of aliphatic carboxylic acids is 1. The smallest absolute Gasteiger partial charge is 0.303 e. The van der Waals surface area contributed by atoms with Gasteiger partial charge in [-0.15, -0.1) is 0 Å². The third-order valence-electron chi connectivity index (χ3n) is 6.13. The summed E-state index contributed by atoms with van der Waals surface area (Å²) in [6.45, 7) is 4.76. The van der Waals surface area contributed by atoms with Gasteiger partial charge in [0.2, 0.25) is 0 Å². The summed E-state index contributed by atoms with van der Waals surface area (Å²) in [5.74, 6) is -0.414. The van der Waals surface area contributed by atoms with Gasteiger partial charge in [0.1, 0.15) is 18.5 Å². The molecule has 1 atom stereocenters. The molecule has 0 saturated heterocycles. The summed E-state index contributed by atoms with van der Waals surface area (Å²) in [6, 6.07) is 13.9. The van der Waals surface area contributed by atoms with Crippen LogP contribution in [0.25, 0.3) is 0 Å². The normalized spacial score (nSPS) is 14.2. The number of aryl methyl sites for hydroxylation is 3. The molecule has 2 aromatic rings. The van der Waals surface area contributed by atoms with E-state index in [0.29, 0.717) is 29.8 Å². The van der Waals surface area contributed by atoms with Crippen molar-refractivity contribution in [2.45, 2.75) is 70.4 Å². The highest BCUT2D eigenvalue weighted by atomic mass is 16.5. The number of carboxylic acids is 1. The molecule has 176 valence electrons. The highest BCUT2D eigenvalue weighted by molar-refractivity contribution is 5.67. The number of ether oxygens (including phenoxy) is 1. The van der Waals surface area contributed by atoms with Crippen LogP contribution in [-0.2, 0) is 30.5 Å².